The Morgan fingerprint density at radius 2 is 0.865 bits per heavy atom. The average molecular weight is 526 g/mol. The van der Waals surface area contributed by atoms with E-state index >= 15 is 0 Å². The summed E-state index contributed by atoms with van der Waals surface area (Å²) in [6.07, 6.45) is 34.7. The molecule has 0 saturated heterocycles. The van der Waals surface area contributed by atoms with Gasteiger partial charge in [0.05, 0.1) is 0 Å². The van der Waals surface area contributed by atoms with Crippen LogP contribution in [-0.4, -0.2) is 36.6 Å². The van der Waals surface area contributed by atoms with Crippen LogP contribution in [0.3, 0.4) is 0 Å². The van der Waals surface area contributed by atoms with E-state index in [1.54, 1.807) is 0 Å². The van der Waals surface area contributed by atoms with Crippen molar-refractivity contribution in [1.29, 1.82) is 0 Å². The average Bonchev–Trinajstić information content (AvgIpc) is 2.85. The van der Waals surface area contributed by atoms with E-state index in [1.165, 1.54) is 154 Å². The molecule has 1 N–H and O–H groups in total. The quantitative estimate of drug-likeness (QED) is 0.103. The van der Waals surface area contributed by atoms with Crippen molar-refractivity contribution in [2.75, 3.05) is 20.6 Å². The maximum atomic E-state index is 10.3. The van der Waals surface area contributed by atoms with Gasteiger partial charge >= 0.3 is 5.97 Å². The summed E-state index contributed by atoms with van der Waals surface area (Å²) >= 11 is 0. The number of hydrogen-bond acceptors (Lipinski definition) is 2. The molecule has 3 nitrogen and oxygen atoms in total. The zero-order valence-corrected chi connectivity index (χ0v) is 26.5. The van der Waals surface area contributed by atoms with Gasteiger partial charge in [0.2, 0.25) is 0 Å². The molecule has 0 aliphatic carbocycles. The fourth-order valence-electron chi connectivity index (χ4n) is 4.87. The Balaban J connectivity index is 0. The van der Waals surface area contributed by atoms with Gasteiger partial charge in [0.25, 0.3) is 0 Å². The van der Waals surface area contributed by atoms with Crippen molar-refractivity contribution in [2.45, 2.75) is 188 Å². The molecule has 0 rings (SSSR count). The fourth-order valence-corrected chi connectivity index (χ4v) is 4.87. The summed E-state index contributed by atoms with van der Waals surface area (Å²) in [5.41, 5.74) is 0. The molecular weight excluding hydrogens is 454 g/mol. The minimum atomic E-state index is -0.654. The normalized spacial score (nSPS) is 11.2. The van der Waals surface area contributed by atoms with E-state index < -0.39 is 5.97 Å². The molecule has 0 heterocycles. The third-order valence-corrected chi connectivity index (χ3v) is 7.38. The van der Waals surface area contributed by atoms with Crippen LogP contribution in [0.4, 0.5) is 0 Å². The third kappa shape index (κ3) is 42.8. The van der Waals surface area contributed by atoms with Crippen LogP contribution in [0, 0.1) is 5.92 Å². The first-order valence-corrected chi connectivity index (χ1v) is 16.8. The van der Waals surface area contributed by atoms with Crippen molar-refractivity contribution in [3.8, 4) is 0 Å². The molecule has 37 heavy (non-hydrogen) atoms. The van der Waals surface area contributed by atoms with Crippen molar-refractivity contribution in [2.24, 2.45) is 5.92 Å². The van der Waals surface area contributed by atoms with E-state index in [0.29, 0.717) is 6.42 Å². The Hall–Kier alpha value is -0.570. The lowest BCUT2D eigenvalue weighted by Gasteiger charge is -2.08. The topological polar surface area (TPSA) is 40.5 Å². The Labute approximate surface area is 235 Å². The molecule has 224 valence electrons. The molecule has 0 aliphatic heterocycles. The van der Waals surface area contributed by atoms with Crippen LogP contribution in [-0.2, 0) is 4.79 Å². The van der Waals surface area contributed by atoms with Crippen LogP contribution in [0.5, 0.6) is 0 Å². The number of carboxylic acids is 1. The number of rotatable bonds is 28. The second kappa shape index (κ2) is 33.5. The number of carboxylic acid groups (broad SMARTS) is 1. The minimum absolute atomic E-state index is 0.344. The lowest BCUT2D eigenvalue weighted by molar-refractivity contribution is -0.137. The molecule has 0 amide bonds. The van der Waals surface area contributed by atoms with E-state index in [0.717, 1.165) is 18.8 Å². The van der Waals surface area contributed by atoms with Gasteiger partial charge in [0.15, 0.2) is 0 Å². The van der Waals surface area contributed by atoms with Crippen LogP contribution in [0.15, 0.2) is 0 Å². The van der Waals surface area contributed by atoms with Gasteiger partial charge in [0.1, 0.15) is 0 Å². The molecule has 0 aromatic heterocycles. The zero-order chi connectivity index (χ0) is 27.8. The molecule has 0 bridgehead atoms. The van der Waals surface area contributed by atoms with Crippen molar-refractivity contribution >= 4 is 5.97 Å². The van der Waals surface area contributed by atoms with Gasteiger partial charge in [-0.05, 0) is 39.4 Å². The summed E-state index contributed by atoms with van der Waals surface area (Å²) in [4.78, 5) is 12.6. The number of hydrogen-bond donors (Lipinski definition) is 1. The SMILES string of the molecule is CC(C)CCCCCCCCCCCCCCC(=O)O.CCCCCCCCCCCCCCN(C)C. The minimum Gasteiger partial charge on any atom is -0.481 e. The van der Waals surface area contributed by atoms with Crippen LogP contribution < -0.4 is 0 Å². The molecule has 3 heteroatoms. The first kappa shape index (κ1) is 38.6. The highest BCUT2D eigenvalue weighted by atomic mass is 16.4. The number of aliphatic carboxylic acids is 1. The molecule has 0 spiro atoms. The maximum Gasteiger partial charge on any atom is 0.303 e. The second-order valence-corrected chi connectivity index (χ2v) is 12.3. The first-order valence-electron chi connectivity index (χ1n) is 16.8. The van der Waals surface area contributed by atoms with Gasteiger partial charge < -0.3 is 10.0 Å². The molecule has 0 aliphatic rings. The monoisotopic (exact) mass is 526 g/mol. The van der Waals surface area contributed by atoms with Crippen molar-refractivity contribution < 1.29 is 9.90 Å². The van der Waals surface area contributed by atoms with Gasteiger partial charge in [-0.1, -0.05) is 168 Å². The van der Waals surface area contributed by atoms with E-state index in [2.05, 4.69) is 39.8 Å². The summed E-state index contributed by atoms with van der Waals surface area (Å²) < 4.78 is 0. The smallest absolute Gasteiger partial charge is 0.303 e. The summed E-state index contributed by atoms with van der Waals surface area (Å²) in [6, 6.07) is 0. The molecule has 0 fully saturated rings. The summed E-state index contributed by atoms with van der Waals surface area (Å²) in [5, 5.41) is 8.52. The Kier molecular flexibility index (Phi) is 34.9. The number of carbonyl (C=O) groups is 1. The summed E-state index contributed by atoms with van der Waals surface area (Å²) in [7, 11) is 4.33. The standard InChI is InChI=1S/C18H36O2.C16H35N/c1-17(2)15-13-11-9-7-5-3-4-6-8-10-12-14-16-18(19)20;1-4-5-6-7-8-9-10-11-12-13-14-15-16-17(2)3/h17H,3-16H2,1-2H3,(H,19,20);4-16H2,1-3H3. The predicted molar refractivity (Wildman–Crippen MR) is 167 cm³/mol. The largest absolute Gasteiger partial charge is 0.481 e. The van der Waals surface area contributed by atoms with Crippen molar-refractivity contribution in [3.63, 3.8) is 0 Å². The summed E-state index contributed by atoms with van der Waals surface area (Å²) in [6.45, 7) is 8.16. The lowest BCUT2D eigenvalue weighted by Crippen LogP contribution is -2.12. The van der Waals surface area contributed by atoms with E-state index in [-0.39, 0.29) is 0 Å². The fraction of sp³-hybridized carbons (Fsp3) is 0.971. The molecule has 0 aromatic rings. The molecule has 0 radical (unpaired) electrons. The highest BCUT2D eigenvalue weighted by Gasteiger charge is 1.98. The van der Waals surface area contributed by atoms with Gasteiger partial charge in [-0.25, -0.2) is 0 Å². The van der Waals surface area contributed by atoms with E-state index in [1.807, 2.05) is 0 Å². The zero-order valence-electron chi connectivity index (χ0n) is 26.5. The molecular formula is C34H71NO2. The second-order valence-electron chi connectivity index (χ2n) is 12.3. The van der Waals surface area contributed by atoms with Crippen molar-refractivity contribution in [1.82, 2.24) is 4.90 Å². The van der Waals surface area contributed by atoms with Gasteiger partial charge in [-0.2, -0.15) is 0 Å². The van der Waals surface area contributed by atoms with Crippen LogP contribution in [0.1, 0.15) is 188 Å². The third-order valence-electron chi connectivity index (χ3n) is 7.38. The first-order chi connectivity index (χ1) is 17.9. The predicted octanol–water partition coefficient (Wildman–Crippen LogP) is 11.4. The molecule has 0 aromatic carbocycles. The van der Waals surface area contributed by atoms with E-state index in [4.69, 9.17) is 5.11 Å². The van der Waals surface area contributed by atoms with E-state index in [9.17, 15) is 4.79 Å². The molecule has 0 unspecified atom stereocenters. The molecule has 0 atom stereocenters. The summed E-state index contributed by atoms with van der Waals surface area (Å²) in [5.74, 6) is 0.212. The lowest BCUT2D eigenvalue weighted by atomic mass is 10.0. The van der Waals surface area contributed by atoms with Crippen molar-refractivity contribution in [3.05, 3.63) is 0 Å². The van der Waals surface area contributed by atoms with Crippen LogP contribution >= 0.6 is 0 Å². The van der Waals surface area contributed by atoms with Crippen LogP contribution in [0.2, 0.25) is 0 Å². The Morgan fingerprint density at radius 3 is 1.19 bits per heavy atom. The Morgan fingerprint density at radius 1 is 0.541 bits per heavy atom. The van der Waals surface area contributed by atoms with Crippen LogP contribution in [0.25, 0.3) is 0 Å². The maximum absolute atomic E-state index is 10.3. The van der Waals surface area contributed by atoms with Gasteiger partial charge in [-0.15, -0.1) is 0 Å². The number of nitrogens with zero attached hydrogens (tertiary/aromatic N) is 1. The number of unbranched alkanes of at least 4 members (excludes halogenated alkanes) is 22. The highest BCUT2D eigenvalue weighted by Crippen LogP contribution is 2.14. The molecule has 0 saturated carbocycles. The van der Waals surface area contributed by atoms with Gasteiger partial charge in [-0.3, -0.25) is 4.79 Å². The highest BCUT2D eigenvalue weighted by molar-refractivity contribution is 5.66. The van der Waals surface area contributed by atoms with Gasteiger partial charge in [0, 0.05) is 6.42 Å². The Bertz CT molecular complexity index is 422.